The third kappa shape index (κ3) is 2.33. The molecule has 0 spiro atoms. The molecule has 2 bridgehead atoms. The topological polar surface area (TPSA) is 29.5 Å². The van der Waals surface area contributed by atoms with E-state index in [1.807, 2.05) is 0 Å². The first-order chi connectivity index (χ1) is 9.41. The van der Waals surface area contributed by atoms with E-state index in [1.54, 1.807) is 0 Å². The summed E-state index contributed by atoms with van der Waals surface area (Å²) >= 11 is 0. The van der Waals surface area contributed by atoms with E-state index in [-0.39, 0.29) is 12.2 Å². The summed E-state index contributed by atoms with van der Waals surface area (Å²) in [5.74, 6) is 1.63. The molecule has 0 aromatic carbocycles. The maximum Gasteiger partial charge on any atom is 0.0718 e. The number of aliphatic hydroxyl groups is 1. The van der Waals surface area contributed by atoms with E-state index in [1.165, 1.54) is 44.9 Å². The van der Waals surface area contributed by atoms with Crippen molar-refractivity contribution in [2.75, 3.05) is 13.2 Å². The van der Waals surface area contributed by atoms with Crippen LogP contribution in [0.15, 0.2) is 0 Å². The van der Waals surface area contributed by atoms with Gasteiger partial charge in [0.15, 0.2) is 0 Å². The number of aliphatic hydroxyl groups excluding tert-OH is 1. The Bertz CT molecular complexity index is 364. The summed E-state index contributed by atoms with van der Waals surface area (Å²) in [4.78, 5) is 0. The van der Waals surface area contributed by atoms with E-state index >= 15 is 0 Å². The molecule has 3 fully saturated rings. The van der Waals surface area contributed by atoms with E-state index in [4.69, 9.17) is 9.84 Å². The fraction of sp³-hybridized carbons (Fsp3) is 1.00. The van der Waals surface area contributed by atoms with Crippen molar-refractivity contribution in [2.24, 2.45) is 22.7 Å². The minimum absolute atomic E-state index is 0.138. The first kappa shape index (κ1) is 14.8. The first-order valence-electron chi connectivity index (χ1n) is 8.66. The van der Waals surface area contributed by atoms with Gasteiger partial charge in [0.25, 0.3) is 0 Å². The molecule has 0 aliphatic heterocycles. The van der Waals surface area contributed by atoms with Gasteiger partial charge in [-0.1, -0.05) is 27.2 Å². The number of hydrogen-bond acceptors (Lipinski definition) is 2. The molecule has 116 valence electrons. The van der Waals surface area contributed by atoms with Crippen LogP contribution < -0.4 is 0 Å². The van der Waals surface area contributed by atoms with Gasteiger partial charge in [-0.05, 0) is 67.6 Å². The van der Waals surface area contributed by atoms with E-state index in [0.29, 0.717) is 10.8 Å². The van der Waals surface area contributed by atoms with Crippen molar-refractivity contribution in [2.45, 2.75) is 77.7 Å². The van der Waals surface area contributed by atoms with Crippen LogP contribution in [-0.4, -0.2) is 23.9 Å². The van der Waals surface area contributed by atoms with E-state index < -0.39 is 0 Å². The van der Waals surface area contributed by atoms with Crippen molar-refractivity contribution < 1.29 is 9.84 Å². The second-order valence-corrected chi connectivity index (χ2v) is 8.78. The monoisotopic (exact) mass is 280 g/mol. The highest BCUT2D eigenvalue weighted by molar-refractivity contribution is 5.11. The zero-order valence-electron chi connectivity index (χ0n) is 13.6. The molecule has 20 heavy (non-hydrogen) atoms. The van der Waals surface area contributed by atoms with Crippen LogP contribution in [0.1, 0.15) is 72.1 Å². The molecule has 3 rings (SSSR count). The molecule has 4 unspecified atom stereocenters. The van der Waals surface area contributed by atoms with Gasteiger partial charge < -0.3 is 9.84 Å². The molecule has 2 nitrogen and oxygen atoms in total. The number of hydrogen-bond donors (Lipinski definition) is 1. The Hall–Kier alpha value is -0.0800. The van der Waals surface area contributed by atoms with E-state index in [0.717, 1.165) is 24.9 Å². The van der Waals surface area contributed by atoms with Gasteiger partial charge in [0.05, 0.1) is 5.60 Å². The summed E-state index contributed by atoms with van der Waals surface area (Å²) in [5, 5.41) is 9.06. The number of ether oxygens (including phenoxy) is 1. The Morgan fingerprint density at radius 2 is 1.90 bits per heavy atom. The average molecular weight is 280 g/mol. The Labute approximate surface area is 124 Å². The fourth-order valence-electron chi connectivity index (χ4n) is 5.71. The lowest BCUT2D eigenvalue weighted by molar-refractivity contribution is -0.193. The minimum atomic E-state index is 0.138. The Kier molecular flexibility index (Phi) is 3.70. The highest BCUT2D eigenvalue weighted by Crippen LogP contribution is 2.65. The SMILES string of the molecule is CC12CCCC(OCCCO)(C1)C1CC(C)(C)C1CC2. The minimum Gasteiger partial charge on any atom is -0.396 e. The van der Waals surface area contributed by atoms with E-state index in [2.05, 4.69) is 20.8 Å². The molecule has 3 aliphatic rings. The molecule has 3 aliphatic carbocycles. The predicted octanol–water partition coefficient (Wildman–Crippen LogP) is 4.16. The molecule has 0 radical (unpaired) electrons. The quantitative estimate of drug-likeness (QED) is 0.784. The predicted molar refractivity (Wildman–Crippen MR) is 81.6 cm³/mol. The summed E-state index contributed by atoms with van der Waals surface area (Å²) in [6.45, 7) is 8.40. The van der Waals surface area contributed by atoms with Crippen LogP contribution in [0.2, 0.25) is 0 Å². The molecule has 0 aromatic heterocycles. The van der Waals surface area contributed by atoms with Crippen molar-refractivity contribution in [1.29, 1.82) is 0 Å². The van der Waals surface area contributed by atoms with Gasteiger partial charge in [-0.25, -0.2) is 0 Å². The van der Waals surface area contributed by atoms with Gasteiger partial charge in [-0.15, -0.1) is 0 Å². The summed E-state index contributed by atoms with van der Waals surface area (Å²) < 4.78 is 6.49. The summed E-state index contributed by atoms with van der Waals surface area (Å²) in [5.41, 5.74) is 1.16. The lowest BCUT2D eigenvalue weighted by Gasteiger charge is -2.59. The molecule has 0 heterocycles. The zero-order valence-corrected chi connectivity index (χ0v) is 13.6. The zero-order chi connectivity index (χ0) is 14.4. The van der Waals surface area contributed by atoms with Crippen molar-refractivity contribution in [3.05, 3.63) is 0 Å². The van der Waals surface area contributed by atoms with Crippen LogP contribution in [0, 0.1) is 22.7 Å². The van der Waals surface area contributed by atoms with Gasteiger partial charge in [-0.2, -0.15) is 0 Å². The van der Waals surface area contributed by atoms with Crippen LogP contribution in [-0.2, 0) is 4.74 Å². The first-order valence-corrected chi connectivity index (χ1v) is 8.66. The normalized spacial score (nSPS) is 46.2. The second kappa shape index (κ2) is 4.98. The molecular formula is C18H32O2. The van der Waals surface area contributed by atoms with Crippen LogP contribution >= 0.6 is 0 Å². The third-order valence-corrected chi connectivity index (χ3v) is 6.77. The van der Waals surface area contributed by atoms with Gasteiger partial charge in [0.1, 0.15) is 0 Å². The van der Waals surface area contributed by atoms with Crippen LogP contribution in [0.25, 0.3) is 0 Å². The van der Waals surface area contributed by atoms with Gasteiger partial charge in [-0.3, -0.25) is 0 Å². The van der Waals surface area contributed by atoms with Crippen molar-refractivity contribution in [1.82, 2.24) is 0 Å². The van der Waals surface area contributed by atoms with E-state index in [9.17, 15) is 0 Å². The van der Waals surface area contributed by atoms with Gasteiger partial charge in [0.2, 0.25) is 0 Å². The highest BCUT2D eigenvalue weighted by Gasteiger charge is 2.61. The highest BCUT2D eigenvalue weighted by atomic mass is 16.5. The largest absolute Gasteiger partial charge is 0.396 e. The average Bonchev–Trinajstić information content (AvgIpc) is 2.42. The Morgan fingerprint density at radius 3 is 2.60 bits per heavy atom. The smallest absolute Gasteiger partial charge is 0.0718 e. The molecule has 0 saturated heterocycles. The molecular weight excluding hydrogens is 248 g/mol. The lowest BCUT2D eigenvalue weighted by Crippen LogP contribution is -2.57. The van der Waals surface area contributed by atoms with Crippen molar-refractivity contribution in [3.63, 3.8) is 0 Å². The Morgan fingerprint density at radius 1 is 1.10 bits per heavy atom. The lowest BCUT2D eigenvalue weighted by atomic mass is 9.49. The molecule has 1 N–H and O–H groups in total. The molecule has 4 atom stereocenters. The van der Waals surface area contributed by atoms with Gasteiger partial charge in [0, 0.05) is 13.2 Å². The second-order valence-electron chi connectivity index (χ2n) is 8.78. The summed E-state index contributed by atoms with van der Waals surface area (Å²) in [7, 11) is 0. The van der Waals surface area contributed by atoms with Crippen LogP contribution in [0.3, 0.4) is 0 Å². The molecule has 0 aromatic rings. The maximum absolute atomic E-state index is 9.06. The van der Waals surface area contributed by atoms with Gasteiger partial charge >= 0.3 is 0 Å². The third-order valence-electron chi connectivity index (χ3n) is 6.77. The number of rotatable bonds is 4. The molecule has 0 amide bonds. The van der Waals surface area contributed by atoms with Crippen molar-refractivity contribution >= 4 is 0 Å². The van der Waals surface area contributed by atoms with Crippen molar-refractivity contribution in [3.8, 4) is 0 Å². The molecule has 2 heteroatoms. The molecule has 3 saturated carbocycles. The summed E-state index contributed by atoms with van der Waals surface area (Å²) in [6.07, 6.45) is 10.2. The Balaban J connectivity index is 1.83. The summed E-state index contributed by atoms with van der Waals surface area (Å²) in [6, 6.07) is 0. The van der Waals surface area contributed by atoms with Crippen LogP contribution in [0.4, 0.5) is 0 Å². The number of fused-ring (bicyclic) bond motifs is 4. The fourth-order valence-corrected chi connectivity index (χ4v) is 5.71. The maximum atomic E-state index is 9.06. The standard InChI is InChI=1S/C18H32O2/c1-16(2)12-15-14(16)6-9-17(3)7-4-8-18(15,13-17)20-11-5-10-19/h14-15,19H,4-13H2,1-3H3. The van der Waals surface area contributed by atoms with Crippen LogP contribution in [0.5, 0.6) is 0 Å².